The molecule has 4 aliphatic heterocycles. The number of hydrogen-bond donors (Lipinski definition) is 0. The van der Waals surface area contributed by atoms with Gasteiger partial charge >= 0.3 is 0 Å². The molecule has 6 heterocycles. The lowest BCUT2D eigenvalue weighted by atomic mass is 9.26. The predicted molar refractivity (Wildman–Crippen MR) is 319 cm³/mol. The number of hydrogen-bond acceptors (Lipinski definition) is 0. The zero-order valence-corrected chi connectivity index (χ0v) is 46.9. The van der Waals surface area contributed by atoms with E-state index in [-0.39, 0.29) is 52.6 Å². The molecule has 9 aromatic rings. The number of fused-ring (bicyclic) bond motifs is 4. The number of nitrogens with zero attached hydrogens (tertiary/aromatic N) is 2. The van der Waals surface area contributed by atoms with Crippen LogP contribution in [0.15, 0.2) is 97.1 Å². The second-order valence-electron chi connectivity index (χ2n) is 29.1. The third kappa shape index (κ3) is 6.06. The van der Waals surface area contributed by atoms with Gasteiger partial charge in [0.1, 0.15) is 0 Å². The van der Waals surface area contributed by atoms with Gasteiger partial charge in [-0.25, -0.2) is 0 Å². The standard InChI is InChI=1S/C67H73B3N2/c1-36-53-60-55-61-54(36)69(44-26-22-38(23-27-44)63(5,6)7)50-33-40(65(11,12)13)29-46-48-31-42(67(17,18)19)35-52(59(48)72(61)57(46)50)70(55)51-34-41(66(14,15)16)30-47-45-28-39(64(8,9)10)32-49(56(45)71(60)58(47)51)68(53)43-24-20-37(21-25-43)62(2,3)4/h20-35H,1-19H3. The summed E-state index contributed by atoms with van der Waals surface area (Å²) in [5.41, 5.74) is 31.2. The van der Waals surface area contributed by atoms with Crippen LogP contribution < -0.4 is 49.2 Å². The maximum atomic E-state index is 2.82. The number of benzene rings is 7. The highest BCUT2D eigenvalue weighted by atomic mass is 15.0. The molecular weight excluding hydrogens is 865 g/mol. The molecule has 0 N–H and O–H groups in total. The van der Waals surface area contributed by atoms with Gasteiger partial charge in [-0.1, -0.05) is 214 Å². The molecule has 0 saturated carbocycles. The van der Waals surface area contributed by atoms with Crippen molar-refractivity contribution in [2.24, 2.45) is 0 Å². The Hall–Kier alpha value is -5.67. The maximum Gasteiger partial charge on any atom is 0.252 e. The fourth-order valence-corrected chi connectivity index (χ4v) is 13.9. The quantitative estimate of drug-likeness (QED) is 0.153. The first kappa shape index (κ1) is 46.1. The lowest BCUT2D eigenvalue weighted by molar-refractivity contribution is 0.590. The molecule has 0 atom stereocenters. The highest BCUT2D eigenvalue weighted by molar-refractivity contribution is 7.06. The third-order valence-electron chi connectivity index (χ3n) is 18.1. The first-order valence-corrected chi connectivity index (χ1v) is 27.2. The Morgan fingerprint density at radius 2 is 0.542 bits per heavy atom. The fraction of sp³-hybridized carbons (Fsp3) is 0.373. The van der Waals surface area contributed by atoms with Crippen molar-refractivity contribution >= 4 is 113 Å². The van der Waals surface area contributed by atoms with Crippen LogP contribution >= 0.6 is 0 Å². The van der Waals surface area contributed by atoms with E-state index in [0.717, 1.165) is 0 Å². The molecule has 0 spiro atoms. The van der Waals surface area contributed by atoms with Crippen molar-refractivity contribution in [3.05, 3.63) is 136 Å². The van der Waals surface area contributed by atoms with Gasteiger partial charge in [0.05, 0.1) is 0 Å². The van der Waals surface area contributed by atoms with E-state index in [4.69, 9.17) is 0 Å². The minimum absolute atomic E-state index is 0.0275. The van der Waals surface area contributed by atoms with Gasteiger partial charge in [-0.05, 0) is 135 Å². The molecular formula is C67H73B3N2. The SMILES string of the molecule is Cc1c2c3c4c5c1B(c1ccc(C(C)(C)C)cc1)c1cc(C(C)(C)C)cc6c7cc(C(C)(C)C)cc(c7n-5c16)B4c1cc(C(C)(C)C)cc4c5cc(C(C)(C)C)cc(c5n-3c14)B2c1ccc(C(C)(C)C)cc1. The summed E-state index contributed by atoms with van der Waals surface area (Å²) in [6, 6.07) is 40.7. The van der Waals surface area contributed by atoms with Crippen molar-refractivity contribution in [1.29, 1.82) is 0 Å². The van der Waals surface area contributed by atoms with E-state index in [1.165, 1.54) is 143 Å². The molecule has 0 unspecified atom stereocenters. The van der Waals surface area contributed by atoms with E-state index in [2.05, 4.69) is 238 Å². The molecule has 0 saturated heterocycles. The van der Waals surface area contributed by atoms with Crippen LogP contribution in [0, 0.1) is 6.92 Å². The van der Waals surface area contributed by atoms with Crippen LogP contribution in [0.4, 0.5) is 0 Å². The van der Waals surface area contributed by atoms with E-state index in [1.807, 2.05) is 0 Å². The van der Waals surface area contributed by atoms with Crippen molar-refractivity contribution < 1.29 is 0 Å². The van der Waals surface area contributed by atoms with Crippen LogP contribution in [-0.4, -0.2) is 29.3 Å². The Kier molecular flexibility index (Phi) is 8.93. The summed E-state index contributed by atoms with van der Waals surface area (Å²) in [6.07, 6.45) is 0. The summed E-state index contributed by atoms with van der Waals surface area (Å²) in [6.45, 7) is 45.7. The molecule has 0 bridgehead atoms. The molecule has 0 amide bonds. The van der Waals surface area contributed by atoms with E-state index in [0.29, 0.717) is 0 Å². The minimum atomic E-state index is -0.0616. The summed E-state index contributed by atoms with van der Waals surface area (Å²) in [5.74, 6) is 0. The Bertz CT molecular complexity index is 3650. The molecule has 7 aromatic carbocycles. The van der Waals surface area contributed by atoms with Gasteiger partial charge in [0.25, 0.3) is 6.71 Å². The van der Waals surface area contributed by atoms with E-state index < -0.39 is 0 Å². The zero-order valence-electron chi connectivity index (χ0n) is 46.9. The highest BCUT2D eigenvalue weighted by Crippen LogP contribution is 2.45. The molecule has 13 rings (SSSR count). The van der Waals surface area contributed by atoms with Crippen LogP contribution in [0.5, 0.6) is 0 Å². The van der Waals surface area contributed by atoms with Gasteiger partial charge in [0, 0.05) is 55.0 Å². The van der Waals surface area contributed by atoms with Gasteiger partial charge in [-0.15, -0.1) is 0 Å². The van der Waals surface area contributed by atoms with Crippen LogP contribution in [-0.2, 0) is 32.5 Å². The smallest absolute Gasteiger partial charge is 0.252 e. The van der Waals surface area contributed by atoms with Crippen molar-refractivity contribution in [1.82, 2.24) is 9.13 Å². The van der Waals surface area contributed by atoms with Gasteiger partial charge in [0.15, 0.2) is 0 Å². The lowest BCUT2D eigenvalue weighted by Crippen LogP contribution is -2.70. The molecule has 0 radical (unpaired) electrons. The van der Waals surface area contributed by atoms with Gasteiger partial charge in [0.2, 0.25) is 13.4 Å². The molecule has 4 aliphatic rings. The van der Waals surface area contributed by atoms with Crippen molar-refractivity contribution in [2.45, 2.75) is 164 Å². The summed E-state index contributed by atoms with van der Waals surface area (Å²) >= 11 is 0. The zero-order chi connectivity index (χ0) is 51.2. The fourth-order valence-electron chi connectivity index (χ4n) is 13.9. The van der Waals surface area contributed by atoms with Crippen LogP contribution in [0.2, 0.25) is 0 Å². The molecule has 2 aromatic heterocycles. The van der Waals surface area contributed by atoms with E-state index in [9.17, 15) is 0 Å². The van der Waals surface area contributed by atoms with Crippen LogP contribution in [0.1, 0.15) is 164 Å². The van der Waals surface area contributed by atoms with Crippen molar-refractivity contribution in [3.63, 3.8) is 0 Å². The molecule has 0 aliphatic carbocycles. The summed E-state index contributed by atoms with van der Waals surface area (Å²) in [5, 5.41) is 5.60. The Morgan fingerprint density at radius 1 is 0.292 bits per heavy atom. The summed E-state index contributed by atoms with van der Waals surface area (Å²) in [4.78, 5) is 0. The summed E-state index contributed by atoms with van der Waals surface area (Å²) < 4.78 is 5.65. The third-order valence-corrected chi connectivity index (χ3v) is 18.1. The van der Waals surface area contributed by atoms with Crippen molar-refractivity contribution in [3.8, 4) is 11.4 Å². The normalized spacial score (nSPS) is 15.1. The Morgan fingerprint density at radius 3 is 0.792 bits per heavy atom. The van der Waals surface area contributed by atoms with E-state index >= 15 is 0 Å². The molecule has 360 valence electrons. The first-order chi connectivity index (χ1) is 33.4. The average molecular weight is 939 g/mol. The number of aromatic nitrogens is 2. The van der Waals surface area contributed by atoms with Crippen LogP contribution in [0.25, 0.3) is 55.0 Å². The molecule has 2 nitrogen and oxygen atoms in total. The van der Waals surface area contributed by atoms with Gasteiger partial charge in [-0.3, -0.25) is 0 Å². The topological polar surface area (TPSA) is 9.86 Å². The first-order valence-electron chi connectivity index (χ1n) is 27.2. The van der Waals surface area contributed by atoms with Gasteiger partial charge < -0.3 is 9.13 Å². The number of rotatable bonds is 2. The average Bonchev–Trinajstić information content (AvgIpc) is 3.80. The highest BCUT2D eigenvalue weighted by Gasteiger charge is 2.51. The van der Waals surface area contributed by atoms with E-state index in [1.54, 1.807) is 0 Å². The predicted octanol–water partition coefficient (Wildman–Crippen LogP) is 10.8. The van der Waals surface area contributed by atoms with Gasteiger partial charge in [-0.2, -0.15) is 0 Å². The maximum absolute atomic E-state index is 2.82. The summed E-state index contributed by atoms with van der Waals surface area (Å²) in [7, 11) is 0. The van der Waals surface area contributed by atoms with Crippen LogP contribution in [0.3, 0.4) is 0 Å². The second-order valence-corrected chi connectivity index (χ2v) is 29.1. The minimum Gasteiger partial charge on any atom is -0.311 e. The largest absolute Gasteiger partial charge is 0.311 e. The second kappa shape index (κ2) is 13.9. The van der Waals surface area contributed by atoms with Crippen molar-refractivity contribution in [2.75, 3.05) is 0 Å². The molecule has 72 heavy (non-hydrogen) atoms. The monoisotopic (exact) mass is 939 g/mol. The lowest BCUT2D eigenvalue weighted by Gasteiger charge is -2.43. The Balaban J connectivity index is 1.31. The Labute approximate surface area is 431 Å². The molecule has 5 heteroatoms. The molecule has 0 fully saturated rings.